The third-order valence-electron chi connectivity index (χ3n) is 2.63. The van der Waals surface area contributed by atoms with E-state index in [-0.39, 0.29) is 6.04 Å². The normalized spacial score (nSPS) is 19.5. The van der Waals surface area contributed by atoms with Crippen LogP contribution in [0.4, 0.5) is 11.4 Å². The molecule has 4 nitrogen and oxygen atoms in total. The van der Waals surface area contributed by atoms with Gasteiger partial charge in [-0.2, -0.15) is 8.42 Å². The van der Waals surface area contributed by atoms with Crippen LogP contribution in [-0.4, -0.2) is 14.5 Å². The quantitative estimate of drug-likeness (QED) is 0.838. The highest BCUT2D eigenvalue weighted by Gasteiger charge is 2.34. The Morgan fingerprint density at radius 3 is 2.73 bits per heavy atom. The van der Waals surface area contributed by atoms with Crippen molar-refractivity contribution < 1.29 is 8.42 Å². The maximum Gasteiger partial charge on any atom is 0.324 e. The minimum Gasteiger partial charge on any atom is -0.264 e. The largest absolute Gasteiger partial charge is 0.324 e. The van der Waals surface area contributed by atoms with Gasteiger partial charge in [0.15, 0.2) is 0 Å². The van der Waals surface area contributed by atoms with Gasteiger partial charge in [-0.15, -0.1) is 0 Å². The van der Waals surface area contributed by atoms with Gasteiger partial charge in [-0.25, -0.2) is 4.31 Å². The zero-order chi connectivity index (χ0) is 11.1. The molecule has 1 unspecified atom stereocenters. The van der Waals surface area contributed by atoms with Gasteiger partial charge in [-0.1, -0.05) is 19.1 Å². The lowest BCUT2D eigenvalue weighted by Gasteiger charge is -2.23. The summed E-state index contributed by atoms with van der Waals surface area (Å²) in [5, 5.41) is 0. The number of fused-ring (bicyclic) bond motifs is 1. The average Bonchev–Trinajstić information content (AvgIpc) is 2.46. The molecule has 1 aromatic rings. The summed E-state index contributed by atoms with van der Waals surface area (Å²) in [5.74, 6) is 0. The van der Waals surface area contributed by atoms with Crippen molar-refractivity contribution in [1.82, 2.24) is 0 Å². The van der Waals surface area contributed by atoms with E-state index in [1.807, 2.05) is 32.0 Å². The Bertz CT molecular complexity index is 470. The molecule has 0 fully saturated rings. The summed E-state index contributed by atoms with van der Waals surface area (Å²) in [4.78, 5) is 0. The monoisotopic (exact) mass is 226 g/mol. The van der Waals surface area contributed by atoms with E-state index in [1.165, 1.54) is 4.31 Å². The zero-order valence-corrected chi connectivity index (χ0v) is 9.58. The summed E-state index contributed by atoms with van der Waals surface area (Å²) < 4.78 is 27.7. The maximum absolute atomic E-state index is 11.8. The average molecular weight is 226 g/mol. The van der Waals surface area contributed by atoms with E-state index in [9.17, 15) is 8.42 Å². The van der Waals surface area contributed by atoms with Crippen LogP contribution in [0.3, 0.4) is 0 Å². The topological polar surface area (TPSA) is 49.4 Å². The van der Waals surface area contributed by atoms with Crippen molar-refractivity contribution in [3.63, 3.8) is 0 Å². The van der Waals surface area contributed by atoms with Crippen molar-refractivity contribution in [2.75, 3.05) is 9.03 Å². The molecule has 82 valence electrons. The summed E-state index contributed by atoms with van der Waals surface area (Å²) in [6, 6.07) is 7.23. The third-order valence-corrected chi connectivity index (χ3v) is 4.18. The maximum atomic E-state index is 11.8. The fourth-order valence-corrected chi connectivity index (χ4v) is 3.30. The lowest BCUT2D eigenvalue weighted by molar-refractivity contribution is 0.585. The number of anilines is 2. The Kier molecular flexibility index (Phi) is 2.34. The van der Waals surface area contributed by atoms with Crippen molar-refractivity contribution in [1.29, 1.82) is 0 Å². The van der Waals surface area contributed by atoms with E-state index in [1.54, 1.807) is 6.07 Å². The van der Waals surface area contributed by atoms with Crippen LogP contribution < -0.4 is 9.03 Å². The number of para-hydroxylation sites is 2. The van der Waals surface area contributed by atoms with Crippen LogP contribution in [0.2, 0.25) is 0 Å². The lowest BCUT2D eigenvalue weighted by Crippen LogP contribution is -2.37. The van der Waals surface area contributed by atoms with Crippen molar-refractivity contribution in [2.45, 2.75) is 26.3 Å². The molecule has 2 rings (SSSR count). The van der Waals surface area contributed by atoms with Crippen LogP contribution in [0.1, 0.15) is 20.3 Å². The SMILES string of the molecule is CCC(C)N1c2ccccc2NS1(=O)=O. The fraction of sp³-hybridized carbons (Fsp3) is 0.400. The van der Waals surface area contributed by atoms with Crippen LogP contribution in [0.5, 0.6) is 0 Å². The molecule has 1 heterocycles. The van der Waals surface area contributed by atoms with E-state index in [2.05, 4.69) is 4.72 Å². The smallest absolute Gasteiger partial charge is 0.264 e. The minimum atomic E-state index is -3.37. The van der Waals surface area contributed by atoms with Crippen LogP contribution in [0.25, 0.3) is 0 Å². The van der Waals surface area contributed by atoms with Crippen molar-refractivity contribution in [3.8, 4) is 0 Å². The summed E-state index contributed by atoms with van der Waals surface area (Å²) in [7, 11) is -3.37. The second-order valence-electron chi connectivity index (χ2n) is 3.68. The van der Waals surface area contributed by atoms with E-state index in [0.29, 0.717) is 5.69 Å². The van der Waals surface area contributed by atoms with E-state index < -0.39 is 10.2 Å². The molecule has 15 heavy (non-hydrogen) atoms. The standard InChI is InChI=1S/C10H14N2O2S/c1-3-8(2)12-10-7-5-4-6-9(10)11-15(12,13)14/h4-8,11H,3H2,1-2H3. The number of rotatable bonds is 2. The van der Waals surface area contributed by atoms with Crippen LogP contribution in [0.15, 0.2) is 24.3 Å². The Morgan fingerprint density at radius 1 is 1.40 bits per heavy atom. The van der Waals surface area contributed by atoms with Gasteiger partial charge in [-0.05, 0) is 25.5 Å². The van der Waals surface area contributed by atoms with Crippen molar-refractivity contribution in [3.05, 3.63) is 24.3 Å². The summed E-state index contributed by atoms with van der Waals surface area (Å²) in [6.45, 7) is 3.88. The van der Waals surface area contributed by atoms with Crippen molar-refractivity contribution >= 4 is 21.6 Å². The van der Waals surface area contributed by atoms with Gasteiger partial charge in [0, 0.05) is 6.04 Å². The van der Waals surface area contributed by atoms with Crippen LogP contribution in [-0.2, 0) is 10.2 Å². The molecule has 0 aromatic heterocycles. The molecule has 1 atom stereocenters. The first kappa shape index (κ1) is 10.3. The predicted octanol–water partition coefficient (Wildman–Crippen LogP) is 1.96. The molecule has 0 spiro atoms. The minimum absolute atomic E-state index is 0.0221. The molecule has 0 saturated heterocycles. The van der Waals surface area contributed by atoms with Gasteiger partial charge >= 0.3 is 10.2 Å². The molecule has 5 heteroatoms. The number of benzene rings is 1. The molecule has 0 radical (unpaired) electrons. The van der Waals surface area contributed by atoms with Gasteiger partial charge in [0.25, 0.3) is 0 Å². The Morgan fingerprint density at radius 2 is 2.07 bits per heavy atom. The predicted molar refractivity (Wildman–Crippen MR) is 61.2 cm³/mol. The second-order valence-corrected chi connectivity index (χ2v) is 5.22. The first-order chi connectivity index (χ1) is 7.06. The lowest BCUT2D eigenvalue weighted by atomic mass is 10.2. The molecule has 0 aliphatic carbocycles. The van der Waals surface area contributed by atoms with Gasteiger partial charge in [0.2, 0.25) is 0 Å². The van der Waals surface area contributed by atoms with Gasteiger partial charge < -0.3 is 0 Å². The number of nitrogens with one attached hydrogen (secondary N) is 1. The summed E-state index contributed by atoms with van der Waals surface area (Å²) in [6.07, 6.45) is 0.787. The number of nitrogens with zero attached hydrogens (tertiary/aromatic N) is 1. The first-order valence-corrected chi connectivity index (χ1v) is 6.41. The van der Waals surface area contributed by atoms with Crippen LogP contribution in [0, 0.1) is 0 Å². The van der Waals surface area contributed by atoms with Gasteiger partial charge in [0.05, 0.1) is 11.4 Å². The highest BCUT2D eigenvalue weighted by molar-refractivity contribution is 7.94. The third kappa shape index (κ3) is 1.56. The molecule has 1 aliphatic heterocycles. The molecular weight excluding hydrogens is 212 g/mol. The molecule has 1 N–H and O–H groups in total. The van der Waals surface area contributed by atoms with Gasteiger partial charge in [-0.3, -0.25) is 4.72 Å². The Balaban J connectivity index is 2.53. The van der Waals surface area contributed by atoms with E-state index in [0.717, 1.165) is 12.1 Å². The van der Waals surface area contributed by atoms with Crippen LogP contribution >= 0.6 is 0 Å². The van der Waals surface area contributed by atoms with Gasteiger partial charge in [0.1, 0.15) is 0 Å². The summed E-state index contributed by atoms with van der Waals surface area (Å²) in [5.41, 5.74) is 1.41. The van der Waals surface area contributed by atoms with E-state index >= 15 is 0 Å². The van der Waals surface area contributed by atoms with Crippen molar-refractivity contribution in [2.24, 2.45) is 0 Å². The first-order valence-electron chi connectivity index (χ1n) is 4.97. The summed E-state index contributed by atoms with van der Waals surface area (Å²) >= 11 is 0. The molecule has 1 aromatic carbocycles. The van der Waals surface area contributed by atoms with E-state index in [4.69, 9.17) is 0 Å². The number of hydrogen-bond acceptors (Lipinski definition) is 2. The second kappa shape index (κ2) is 3.41. The Hall–Kier alpha value is -1.23. The Labute approximate surface area is 90.1 Å². The molecule has 0 amide bonds. The molecule has 0 saturated carbocycles. The molecule has 0 bridgehead atoms. The highest BCUT2D eigenvalue weighted by Crippen LogP contribution is 2.37. The molecule has 1 aliphatic rings. The fourth-order valence-electron chi connectivity index (χ4n) is 1.71. The number of hydrogen-bond donors (Lipinski definition) is 1. The zero-order valence-electron chi connectivity index (χ0n) is 8.77. The highest BCUT2D eigenvalue weighted by atomic mass is 32.2. The molecular formula is C10H14N2O2S.